The van der Waals surface area contributed by atoms with Crippen LogP contribution in [0.15, 0.2) is 22.9 Å². The standard InChI is InChI=1S/C57H98N13O33P3/c58-56-43(37-70(57(84)63-56)51-36-45(71)46(101-51)40-100-105(88,89)103-106(90,91)102-104(85,86)87)2-1-9-59-49(74)41-98-34-32-96-30-28-94-26-24-92-22-12-62-50(75)42-99-35-33-97-31-29-95-27-25-93-23-21-69-39-44(64-65-69)38-68(13-3-47(72)60-10-19-66(15-5-52(76)77)16-6-53(78)79)14-4-48(73)61-11-20-67(17-7-54(80)81)18-8-55(82)83/h37,39,45-46,51,64-65,71H,3-36,38,40-42H2,(H,59,74)(H,60,72)(H,61,73)(H,62,75)(H,76,77)(H,78,79)(H,80,81)(H,82,83)(H,88,89)(H,90,91)(H2,58,63,84)(H2,85,86,87)/p-7/t45?,46-,51-/m1/s1. The van der Waals surface area contributed by atoms with Crippen LogP contribution in [0.5, 0.6) is 0 Å². The fraction of sp³-hybridized carbons (Fsp3) is 0.719. The smallest absolute Gasteiger partial charge is 0.351 e. The predicted octanol–water partition coefficient (Wildman–Crippen LogP) is -12.7. The Morgan fingerprint density at radius 3 is 1.52 bits per heavy atom. The molecule has 1 fully saturated rings. The van der Waals surface area contributed by atoms with E-state index in [1.54, 1.807) is 21.0 Å². The average Bonchev–Trinajstić information content (AvgIpc) is 1.62. The Labute approximate surface area is 608 Å². The van der Waals surface area contributed by atoms with Crippen LogP contribution >= 0.6 is 23.5 Å². The van der Waals surface area contributed by atoms with E-state index in [0.717, 1.165) is 10.8 Å². The molecule has 604 valence electrons. The second kappa shape index (κ2) is 53.1. The number of aliphatic hydroxyl groups is 1. The molecular weight excluding hydrogens is 1490 g/mol. The number of amides is 4. The van der Waals surface area contributed by atoms with Crippen LogP contribution in [0.25, 0.3) is 0 Å². The minimum atomic E-state index is -6.17. The number of nitrogens with two attached hydrogens (primary N) is 1. The second-order valence-electron chi connectivity index (χ2n) is 22.4. The summed E-state index contributed by atoms with van der Waals surface area (Å²) in [7, 11) is -18.0. The lowest BCUT2D eigenvalue weighted by molar-refractivity contribution is -0.308. The first-order valence-corrected chi connectivity index (χ1v) is 37.4. The van der Waals surface area contributed by atoms with Gasteiger partial charge in [-0.25, -0.2) is 13.4 Å². The number of nitrogen functional groups attached to an aromatic ring is 1. The number of carboxylic acids is 4. The number of anilines is 1. The van der Waals surface area contributed by atoms with E-state index >= 15 is 0 Å². The van der Waals surface area contributed by atoms with Crippen molar-refractivity contribution in [2.24, 2.45) is 0 Å². The first kappa shape index (κ1) is 93.4. The van der Waals surface area contributed by atoms with Crippen molar-refractivity contribution in [3.8, 4) is 11.8 Å². The number of nitrogens with one attached hydrogen (secondary N) is 6. The number of aromatic nitrogens is 2. The Morgan fingerprint density at radius 2 is 1.04 bits per heavy atom. The minimum absolute atomic E-state index is 0.00733. The van der Waals surface area contributed by atoms with Crippen molar-refractivity contribution in [1.82, 2.24) is 61.5 Å². The number of ether oxygens (including phenoxy) is 9. The molecule has 0 bridgehead atoms. The Morgan fingerprint density at radius 1 is 0.594 bits per heavy atom. The summed E-state index contributed by atoms with van der Waals surface area (Å²) in [6.45, 7) is 3.48. The molecule has 1 saturated heterocycles. The van der Waals surface area contributed by atoms with E-state index in [2.05, 4.69) is 62.2 Å². The molecule has 49 heteroatoms. The number of phosphoric ester groups is 1. The van der Waals surface area contributed by atoms with Crippen molar-refractivity contribution < 1.29 is 153 Å². The number of aliphatic hydroxyl groups excluding tert-OH is 1. The van der Waals surface area contributed by atoms with E-state index < -0.39 is 84.0 Å². The van der Waals surface area contributed by atoms with Gasteiger partial charge in [-0.05, 0) is 25.7 Å². The molecule has 3 heterocycles. The zero-order chi connectivity index (χ0) is 78.2. The van der Waals surface area contributed by atoms with Crippen LogP contribution in [0.2, 0.25) is 0 Å². The molecule has 2 aliphatic rings. The van der Waals surface area contributed by atoms with Gasteiger partial charge in [0.25, 0.3) is 23.5 Å². The number of hydrazine groups is 2. The maximum absolute atomic E-state index is 12.9. The highest BCUT2D eigenvalue weighted by Gasteiger charge is 2.37. The van der Waals surface area contributed by atoms with Gasteiger partial charge in [-0.1, -0.05) is 11.8 Å². The molecule has 46 nitrogen and oxygen atoms in total. The molecule has 6 atom stereocenters. The summed E-state index contributed by atoms with van der Waals surface area (Å²) in [6, 6.07) is 0. The fourth-order valence-corrected chi connectivity index (χ4v) is 11.8. The summed E-state index contributed by atoms with van der Waals surface area (Å²) in [6.07, 6.45) is -3.03. The van der Waals surface area contributed by atoms with Crippen LogP contribution in [0.3, 0.4) is 0 Å². The number of nitrogens with zero attached hydrogens (tertiary/aromatic N) is 6. The first-order valence-electron chi connectivity index (χ1n) is 33.0. The number of carboxylic acid groups (broad SMARTS) is 4. The van der Waals surface area contributed by atoms with Gasteiger partial charge in [0.2, 0.25) is 23.6 Å². The number of aliphatic carboxylic acids is 4. The van der Waals surface area contributed by atoms with Crippen molar-refractivity contribution >= 4 is 76.8 Å². The van der Waals surface area contributed by atoms with Gasteiger partial charge < -0.3 is 154 Å². The van der Waals surface area contributed by atoms with E-state index in [1.807, 2.05) is 4.90 Å². The third-order valence-electron chi connectivity index (χ3n) is 14.0. The van der Waals surface area contributed by atoms with Gasteiger partial charge in [0.1, 0.15) is 31.4 Å². The Kier molecular flexibility index (Phi) is 46.8. The quantitative estimate of drug-likeness (QED) is 0.0166. The van der Waals surface area contributed by atoms with Gasteiger partial charge in [-0.2, -0.15) is 4.98 Å². The monoisotopic (exact) mass is 1580 g/mol. The Hall–Kier alpha value is -6.81. The lowest BCUT2D eigenvalue weighted by atomic mass is 10.2. The number of rotatable bonds is 63. The molecule has 0 aromatic carbocycles. The number of hydrogen-bond acceptors (Lipinski definition) is 40. The average molecular weight is 1580 g/mol. The fourth-order valence-electron chi connectivity index (χ4n) is 8.91. The van der Waals surface area contributed by atoms with Crippen LogP contribution in [0.1, 0.15) is 56.7 Å². The molecule has 4 amide bonds. The van der Waals surface area contributed by atoms with Crippen LogP contribution < -0.4 is 78.8 Å². The normalized spacial score (nSPS) is 16.7. The van der Waals surface area contributed by atoms with Crippen LogP contribution in [-0.4, -0.2) is 303 Å². The lowest BCUT2D eigenvalue weighted by Crippen LogP contribution is -2.42. The zero-order valence-electron chi connectivity index (χ0n) is 57.9. The highest BCUT2D eigenvalue weighted by molar-refractivity contribution is 7.65. The van der Waals surface area contributed by atoms with E-state index in [-0.39, 0.29) is 245 Å². The summed E-state index contributed by atoms with van der Waals surface area (Å²) in [4.78, 5) is 158. The van der Waals surface area contributed by atoms with Crippen molar-refractivity contribution in [2.75, 3.05) is 210 Å². The molecule has 2 aliphatic heterocycles. The molecule has 3 rings (SSSR count). The minimum Gasteiger partial charge on any atom is -0.756 e. The summed E-state index contributed by atoms with van der Waals surface area (Å²) in [5.41, 5.74) is 11.6. The first-order chi connectivity index (χ1) is 50.4. The number of carbonyl (C=O) groups excluding carboxylic acids is 8. The van der Waals surface area contributed by atoms with Gasteiger partial charge in [0.15, 0.2) is 0 Å². The van der Waals surface area contributed by atoms with E-state index in [9.17, 15) is 97.1 Å². The molecule has 106 heavy (non-hydrogen) atoms. The van der Waals surface area contributed by atoms with Crippen molar-refractivity contribution in [3.05, 3.63) is 34.1 Å². The number of phosphoric acid groups is 3. The maximum Gasteiger partial charge on any atom is 0.351 e. The van der Waals surface area contributed by atoms with Crippen molar-refractivity contribution in [3.63, 3.8) is 0 Å². The molecule has 0 spiro atoms. The van der Waals surface area contributed by atoms with E-state index in [1.165, 1.54) is 0 Å². The lowest BCUT2D eigenvalue weighted by Gasteiger charge is -2.33. The molecule has 10 N–H and O–H groups in total. The number of carbonyl (C=O) groups is 8. The van der Waals surface area contributed by atoms with Crippen molar-refractivity contribution in [1.29, 1.82) is 0 Å². The van der Waals surface area contributed by atoms with Gasteiger partial charge in [-0.15, -0.1) is 5.53 Å². The third-order valence-corrected chi connectivity index (χ3v) is 17.7. The highest BCUT2D eigenvalue weighted by atomic mass is 31.3. The summed E-state index contributed by atoms with van der Waals surface area (Å²) < 4.78 is 95.0. The van der Waals surface area contributed by atoms with E-state index in [4.69, 9.17) is 53.3 Å². The van der Waals surface area contributed by atoms with Gasteiger partial charge in [-0.3, -0.25) is 47.3 Å². The SMILES string of the molecule is Nc1nc(=O)n([C@H]2CC(O)[C@@H](COP(=O)([O-])OP(=O)([O-])OP(=O)([O-])O)O2)cc1C#CCNC(=O)COCCOCCOCCOCCNC(=O)COCCOCCOCCOCCN1C=C(CN(CCC(=O)NCCN(CCC(=O)[O-])CCC(=O)[O-])CCC(=O)NCCN(CCC(=O)[O-])CCC(=O)[O-])NN1. The predicted molar refractivity (Wildman–Crippen MR) is 344 cm³/mol. The van der Waals surface area contributed by atoms with Crippen molar-refractivity contribution in [2.45, 2.75) is 63.4 Å². The molecule has 4 unspecified atom stereocenters. The Balaban J connectivity index is 1.17. The molecule has 0 radical (unpaired) electrons. The molecule has 1 aromatic rings. The molecule has 0 aliphatic carbocycles. The maximum atomic E-state index is 12.9. The largest absolute Gasteiger partial charge is 0.756 e. The second-order valence-corrected chi connectivity index (χ2v) is 26.7. The van der Waals surface area contributed by atoms with Crippen LogP contribution in [-0.2, 0) is 108 Å². The van der Waals surface area contributed by atoms with Crippen LogP contribution in [0, 0.1) is 11.8 Å². The summed E-state index contributed by atoms with van der Waals surface area (Å²) in [5, 5.41) is 66.6. The Bertz CT molecular complexity index is 3090. The molecule has 0 saturated carbocycles. The molecular formula is C57H91N13O33P3-7. The van der Waals surface area contributed by atoms with Gasteiger partial charge >= 0.3 is 5.69 Å². The van der Waals surface area contributed by atoms with Gasteiger partial charge in [0, 0.05) is 134 Å². The summed E-state index contributed by atoms with van der Waals surface area (Å²) >= 11 is 0. The topological polar surface area (TPSA) is 646 Å². The number of hydrogen-bond donors (Lipinski definition) is 9. The van der Waals surface area contributed by atoms with Gasteiger partial charge in [0.05, 0.1) is 130 Å². The third kappa shape index (κ3) is 47.1. The highest BCUT2D eigenvalue weighted by Crippen LogP contribution is 2.61. The zero-order valence-corrected chi connectivity index (χ0v) is 60.6. The molecule has 1 aromatic heterocycles. The van der Waals surface area contributed by atoms with E-state index in [0.29, 0.717) is 32.1 Å². The summed E-state index contributed by atoms with van der Waals surface area (Å²) in [5.74, 6) is -1.87. The van der Waals surface area contributed by atoms with Crippen LogP contribution in [0.4, 0.5) is 5.82 Å².